The zero-order chi connectivity index (χ0) is 20.4. The summed E-state index contributed by atoms with van der Waals surface area (Å²) >= 11 is 0. The molecule has 0 amide bonds. The predicted octanol–water partition coefficient (Wildman–Crippen LogP) is 6.01. The molecule has 1 aliphatic heterocycles. The number of aryl methyl sites for hydroxylation is 1. The second-order valence-electron chi connectivity index (χ2n) is 8.06. The van der Waals surface area contributed by atoms with Gasteiger partial charge < -0.3 is 10.1 Å². The molecule has 1 fully saturated rings. The molecule has 3 rings (SSSR count). The van der Waals surface area contributed by atoms with Crippen LogP contribution in [-0.4, -0.2) is 13.2 Å². The van der Waals surface area contributed by atoms with Gasteiger partial charge in [0.2, 0.25) is 0 Å². The highest BCUT2D eigenvalue weighted by molar-refractivity contribution is 5.32. The van der Waals surface area contributed by atoms with Crippen molar-refractivity contribution < 1.29 is 17.9 Å². The van der Waals surface area contributed by atoms with Crippen LogP contribution in [0.25, 0.3) is 0 Å². The molecule has 3 atom stereocenters. The van der Waals surface area contributed by atoms with Crippen molar-refractivity contribution in [1.29, 1.82) is 0 Å². The summed E-state index contributed by atoms with van der Waals surface area (Å²) in [5, 5.41) is 3.65. The summed E-state index contributed by atoms with van der Waals surface area (Å²) in [6.45, 7) is 7.03. The Morgan fingerprint density at radius 2 is 1.89 bits per heavy atom. The Balaban J connectivity index is 1.80. The second kappa shape index (κ2) is 8.26. The molecule has 1 N–H and O–H groups in total. The van der Waals surface area contributed by atoms with Crippen LogP contribution in [0.4, 0.5) is 13.2 Å². The van der Waals surface area contributed by atoms with E-state index in [9.17, 15) is 13.2 Å². The Morgan fingerprint density at radius 1 is 1.18 bits per heavy atom. The topological polar surface area (TPSA) is 21.3 Å². The Labute approximate surface area is 165 Å². The minimum Gasteiger partial charge on any atom is -0.372 e. The first-order chi connectivity index (χ1) is 13.2. The normalized spacial score (nSPS) is 24.1. The van der Waals surface area contributed by atoms with Gasteiger partial charge in [-0.3, -0.25) is 0 Å². The minimum atomic E-state index is -4.35. The van der Waals surface area contributed by atoms with E-state index < -0.39 is 17.8 Å². The van der Waals surface area contributed by atoms with Crippen molar-refractivity contribution in [2.75, 3.05) is 13.2 Å². The van der Waals surface area contributed by atoms with Crippen molar-refractivity contribution in [3.63, 3.8) is 0 Å². The molecule has 0 saturated carbocycles. The summed E-state index contributed by atoms with van der Waals surface area (Å²) < 4.78 is 45.6. The molecule has 1 heterocycles. The quantitative estimate of drug-likeness (QED) is 0.674. The fraction of sp³-hybridized carbons (Fsp3) is 0.478. The van der Waals surface area contributed by atoms with Crippen LogP contribution in [0.2, 0.25) is 0 Å². The Bertz CT molecular complexity index is 780. The summed E-state index contributed by atoms with van der Waals surface area (Å²) in [6.07, 6.45) is -2.76. The molecule has 1 aliphatic rings. The third kappa shape index (κ3) is 4.76. The van der Waals surface area contributed by atoms with Crippen molar-refractivity contribution in [3.8, 4) is 0 Å². The lowest BCUT2D eigenvalue weighted by molar-refractivity contribution is -0.137. The number of hydrogen-bond acceptors (Lipinski definition) is 2. The molecule has 152 valence electrons. The average molecular weight is 391 g/mol. The van der Waals surface area contributed by atoms with Crippen LogP contribution in [0.5, 0.6) is 0 Å². The van der Waals surface area contributed by atoms with Gasteiger partial charge in [0.25, 0.3) is 0 Å². The van der Waals surface area contributed by atoms with Gasteiger partial charge in [-0.15, -0.1) is 0 Å². The molecule has 0 aromatic heterocycles. The smallest absolute Gasteiger partial charge is 0.372 e. The number of rotatable bonds is 5. The zero-order valence-corrected chi connectivity index (χ0v) is 16.6. The van der Waals surface area contributed by atoms with Crippen LogP contribution in [0, 0.1) is 12.8 Å². The van der Waals surface area contributed by atoms with Gasteiger partial charge in [0.15, 0.2) is 0 Å². The number of halogens is 3. The van der Waals surface area contributed by atoms with Gasteiger partial charge in [0.05, 0.1) is 23.8 Å². The lowest BCUT2D eigenvalue weighted by Crippen LogP contribution is -2.51. The predicted molar refractivity (Wildman–Crippen MR) is 105 cm³/mol. The fourth-order valence-electron chi connectivity index (χ4n) is 3.84. The highest BCUT2D eigenvalue weighted by Gasteiger charge is 2.36. The number of benzene rings is 2. The SMILES string of the molecule is Cc1cc([C@@H](C)OC[C@@]2(c3ccccc3)CCC(C)CN2)cc(C(F)(F)F)c1. The number of piperidine rings is 1. The first-order valence-corrected chi connectivity index (χ1v) is 9.80. The van der Waals surface area contributed by atoms with Crippen LogP contribution in [-0.2, 0) is 16.5 Å². The van der Waals surface area contributed by atoms with Crippen molar-refractivity contribution in [1.82, 2.24) is 5.32 Å². The highest BCUT2D eigenvalue weighted by atomic mass is 19.4. The molecule has 1 saturated heterocycles. The van der Waals surface area contributed by atoms with Gasteiger partial charge in [0.1, 0.15) is 0 Å². The van der Waals surface area contributed by atoms with Gasteiger partial charge in [0, 0.05) is 0 Å². The van der Waals surface area contributed by atoms with E-state index in [0.717, 1.165) is 24.9 Å². The first kappa shape index (κ1) is 20.9. The van der Waals surface area contributed by atoms with Gasteiger partial charge in [-0.1, -0.05) is 48.9 Å². The van der Waals surface area contributed by atoms with E-state index in [4.69, 9.17) is 4.74 Å². The third-order valence-electron chi connectivity index (χ3n) is 5.66. The van der Waals surface area contributed by atoms with Crippen molar-refractivity contribution in [3.05, 3.63) is 70.8 Å². The molecular formula is C23H28F3NO. The molecule has 1 unspecified atom stereocenters. The minimum absolute atomic E-state index is 0.307. The monoisotopic (exact) mass is 391 g/mol. The number of hydrogen-bond donors (Lipinski definition) is 1. The van der Waals surface area contributed by atoms with E-state index in [1.165, 1.54) is 12.1 Å². The van der Waals surface area contributed by atoms with E-state index in [1.807, 2.05) is 25.1 Å². The van der Waals surface area contributed by atoms with Gasteiger partial charge >= 0.3 is 6.18 Å². The van der Waals surface area contributed by atoms with Crippen LogP contribution in [0.1, 0.15) is 55.0 Å². The second-order valence-corrected chi connectivity index (χ2v) is 8.06. The summed E-state index contributed by atoms with van der Waals surface area (Å²) in [5.41, 5.74) is 1.37. The largest absolute Gasteiger partial charge is 0.416 e. The molecular weight excluding hydrogens is 363 g/mol. The van der Waals surface area contributed by atoms with E-state index >= 15 is 0 Å². The number of ether oxygens (including phenoxy) is 1. The number of nitrogens with one attached hydrogen (secondary N) is 1. The molecule has 0 spiro atoms. The van der Waals surface area contributed by atoms with E-state index in [1.54, 1.807) is 13.0 Å². The highest BCUT2D eigenvalue weighted by Crippen LogP contribution is 2.36. The molecule has 5 heteroatoms. The van der Waals surface area contributed by atoms with Crippen molar-refractivity contribution in [2.24, 2.45) is 5.92 Å². The van der Waals surface area contributed by atoms with E-state index in [2.05, 4.69) is 24.4 Å². The van der Waals surface area contributed by atoms with Crippen LogP contribution in [0.3, 0.4) is 0 Å². The van der Waals surface area contributed by atoms with E-state index in [-0.39, 0.29) is 5.54 Å². The maximum Gasteiger partial charge on any atom is 0.416 e. The molecule has 0 radical (unpaired) electrons. The lowest BCUT2D eigenvalue weighted by Gasteiger charge is -2.41. The number of alkyl halides is 3. The summed E-state index contributed by atoms with van der Waals surface area (Å²) in [5.74, 6) is 0.598. The average Bonchev–Trinajstić information content (AvgIpc) is 2.67. The standard InChI is InChI=1S/C23H28F3NO/c1-16-9-10-22(27-14-16,20-7-5-4-6-8-20)15-28-18(3)19-11-17(2)12-21(13-19)23(24,25)26/h4-8,11-13,16,18,27H,9-10,14-15H2,1-3H3/t16?,18-,22-/m1/s1. The Hall–Kier alpha value is -1.85. The summed E-state index contributed by atoms with van der Waals surface area (Å²) in [7, 11) is 0. The molecule has 0 bridgehead atoms. The van der Waals surface area contributed by atoms with Crippen molar-refractivity contribution >= 4 is 0 Å². The lowest BCUT2D eigenvalue weighted by atomic mass is 9.80. The zero-order valence-electron chi connectivity index (χ0n) is 16.6. The van der Waals surface area contributed by atoms with Gasteiger partial charge in [-0.05, 0) is 62.4 Å². The van der Waals surface area contributed by atoms with Crippen LogP contribution >= 0.6 is 0 Å². The molecule has 2 nitrogen and oxygen atoms in total. The molecule has 2 aromatic rings. The fourth-order valence-corrected chi connectivity index (χ4v) is 3.84. The summed E-state index contributed by atoms with van der Waals surface area (Å²) in [6, 6.07) is 14.3. The molecule has 28 heavy (non-hydrogen) atoms. The van der Waals surface area contributed by atoms with E-state index in [0.29, 0.717) is 23.7 Å². The van der Waals surface area contributed by atoms with Gasteiger partial charge in [-0.25, -0.2) is 0 Å². The summed E-state index contributed by atoms with van der Waals surface area (Å²) in [4.78, 5) is 0. The van der Waals surface area contributed by atoms with Crippen LogP contribution in [0.15, 0.2) is 48.5 Å². The third-order valence-corrected chi connectivity index (χ3v) is 5.66. The maximum absolute atomic E-state index is 13.2. The first-order valence-electron chi connectivity index (χ1n) is 9.80. The van der Waals surface area contributed by atoms with Crippen LogP contribution < -0.4 is 5.32 Å². The molecule has 0 aliphatic carbocycles. The Kier molecular flexibility index (Phi) is 6.15. The van der Waals surface area contributed by atoms with Crippen molar-refractivity contribution in [2.45, 2.75) is 51.4 Å². The maximum atomic E-state index is 13.2. The molecule has 2 aromatic carbocycles. The Morgan fingerprint density at radius 3 is 2.50 bits per heavy atom. The van der Waals surface area contributed by atoms with Gasteiger partial charge in [-0.2, -0.15) is 13.2 Å².